The van der Waals surface area contributed by atoms with Crippen LogP contribution in [-0.4, -0.2) is 44.9 Å². The summed E-state index contributed by atoms with van der Waals surface area (Å²) in [5.41, 5.74) is 2.09. The molecule has 1 aliphatic heterocycles. The fraction of sp³-hybridized carbons (Fsp3) is 0.381. The Hall–Kier alpha value is -2.22. The van der Waals surface area contributed by atoms with Crippen molar-refractivity contribution >= 4 is 21.6 Å². The third-order valence-corrected chi connectivity index (χ3v) is 6.62. The van der Waals surface area contributed by atoms with Gasteiger partial charge in [0.25, 0.3) is 5.91 Å². The van der Waals surface area contributed by atoms with Crippen molar-refractivity contribution in [3.8, 4) is 0 Å². The zero-order valence-electron chi connectivity index (χ0n) is 16.4. The molecule has 0 aliphatic carbocycles. The number of para-hydroxylation sites is 1. The molecular weight excluding hydrogens is 376 g/mol. The molecule has 28 heavy (non-hydrogen) atoms. The third-order valence-electron chi connectivity index (χ3n) is 4.71. The van der Waals surface area contributed by atoms with Crippen molar-refractivity contribution in [3.05, 3.63) is 59.7 Å². The standard InChI is InChI=1S/C21H26N2O4S/c1-21(2,3)18-6-4-5-7-19(18)22-20(24)16-8-10-17(11-9-16)28(25,26)23-12-14-27-15-13-23/h4-11H,12-15H2,1-3H3,(H,22,24). The quantitative estimate of drug-likeness (QED) is 0.852. The van der Waals surface area contributed by atoms with E-state index in [1.807, 2.05) is 24.3 Å². The van der Waals surface area contributed by atoms with Crippen LogP contribution in [-0.2, 0) is 20.2 Å². The molecule has 1 amide bonds. The molecule has 6 nitrogen and oxygen atoms in total. The van der Waals surface area contributed by atoms with Gasteiger partial charge in [-0.15, -0.1) is 0 Å². The van der Waals surface area contributed by atoms with Gasteiger partial charge in [-0.25, -0.2) is 8.42 Å². The number of nitrogens with zero attached hydrogens (tertiary/aromatic N) is 1. The van der Waals surface area contributed by atoms with E-state index in [-0.39, 0.29) is 16.2 Å². The minimum absolute atomic E-state index is 0.111. The highest BCUT2D eigenvalue weighted by Gasteiger charge is 2.26. The molecular formula is C21H26N2O4S. The first-order valence-corrected chi connectivity index (χ1v) is 10.7. The molecule has 1 fully saturated rings. The summed E-state index contributed by atoms with van der Waals surface area (Å²) in [6, 6.07) is 13.7. The van der Waals surface area contributed by atoms with E-state index in [9.17, 15) is 13.2 Å². The van der Waals surface area contributed by atoms with Gasteiger partial charge in [-0.2, -0.15) is 4.31 Å². The van der Waals surface area contributed by atoms with E-state index in [0.29, 0.717) is 31.9 Å². The topological polar surface area (TPSA) is 75.7 Å². The number of hydrogen-bond acceptors (Lipinski definition) is 4. The molecule has 150 valence electrons. The number of sulfonamides is 1. The third kappa shape index (κ3) is 4.43. The Morgan fingerprint density at radius 3 is 2.21 bits per heavy atom. The Bertz CT molecular complexity index is 941. The van der Waals surface area contributed by atoms with Crippen molar-refractivity contribution in [2.75, 3.05) is 31.6 Å². The van der Waals surface area contributed by atoms with Gasteiger partial charge >= 0.3 is 0 Å². The average molecular weight is 403 g/mol. The van der Waals surface area contributed by atoms with Crippen LogP contribution in [0.3, 0.4) is 0 Å². The molecule has 0 unspecified atom stereocenters. The lowest BCUT2D eigenvalue weighted by Gasteiger charge is -2.26. The number of rotatable bonds is 4. The molecule has 0 aromatic heterocycles. The molecule has 7 heteroatoms. The summed E-state index contributed by atoms with van der Waals surface area (Å²) in [5, 5.41) is 2.94. The van der Waals surface area contributed by atoms with E-state index in [1.165, 1.54) is 16.4 Å². The lowest BCUT2D eigenvalue weighted by atomic mass is 9.86. The van der Waals surface area contributed by atoms with E-state index >= 15 is 0 Å². The first kappa shape index (κ1) is 20.5. The predicted molar refractivity (Wildman–Crippen MR) is 109 cm³/mol. The zero-order chi connectivity index (χ0) is 20.4. The normalized spacial score (nSPS) is 16.0. The molecule has 2 aromatic carbocycles. The SMILES string of the molecule is CC(C)(C)c1ccccc1NC(=O)c1ccc(S(=O)(=O)N2CCOCC2)cc1. The van der Waals surface area contributed by atoms with Crippen molar-refractivity contribution in [1.29, 1.82) is 0 Å². The van der Waals surface area contributed by atoms with Crippen LogP contribution in [0.1, 0.15) is 36.7 Å². The second kappa shape index (κ2) is 8.03. The summed E-state index contributed by atoms with van der Waals surface area (Å²) < 4.78 is 32.0. The summed E-state index contributed by atoms with van der Waals surface area (Å²) in [6.07, 6.45) is 0. The monoisotopic (exact) mass is 402 g/mol. The fourth-order valence-corrected chi connectivity index (χ4v) is 4.56. The highest BCUT2D eigenvalue weighted by molar-refractivity contribution is 7.89. The van der Waals surface area contributed by atoms with Gasteiger partial charge in [0.1, 0.15) is 0 Å². The van der Waals surface area contributed by atoms with Gasteiger partial charge in [0.2, 0.25) is 10.0 Å². The Kier molecular flexibility index (Phi) is 5.88. The number of morpholine rings is 1. The average Bonchev–Trinajstić information content (AvgIpc) is 2.68. The predicted octanol–water partition coefficient (Wildman–Crippen LogP) is 3.26. The highest BCUT2D eigenvalue weighted by Crippen LogP contribution is 2.29. The van der Waals surface area contributed by atoms with E-state index in [4.69, 9.17) is 4.74 Å². The fourth-order valence-electron chi connectivity index (χ4n) is 3.15. The van der Waals surface area contributed by atoms with E-state index in [0.717, 1.165) is 11.3 Å². The van der Waals surface area contributed by atoms with Gasteiger partial charge < -0.3 is 10.1 Å². The van der Waals surface area contributed by atoms with E-state index < -0.39 is 10.0 Å². The number of amides is 1. The number of ether oxygens (including phenoxy) is 1. The lowest BCUT2D eigenvalue weighted by Crippen LogP contribution is -2.40. The summed E-state index contributed by atoms with van der Waals surface area (Å²) in [7, 11) is -3.57. The van der Waals surface area contributed by atoms with Gasteiger partial charge in [-0.1, -0.05) is 39.0 Å². The summed E-state index contributed by atoms with van der Waals surface area (Å²) in [4.78, 5) is 12.8. The molecule has 1 N–H and O–H groups in total. The number of nitrogens with one attached hydrogen (secondary N) is 1. The Balaban J connectivity index is 1.78. The highest BCUT2D eigenvalue weighted by atomic mass is 32.2. The largest absolute Gasteiger partial charge is 0.379 e. The molecule has 3 rings (SSSR count). The van der Waals surface area contributed by atoms with Gasteiger partial charge in [0.05, 0.1) is 18.1 Å². The van der Waals surface area contributed by atoms with Gasteiger partial charge in [0, 0.05) is 24.3 Å². The zero-order valence-corrected chi connectivity index (χ0v) is 17.3. The summed E-state index contributed by atoms with van der Waals surface area (Å²) in [6.45, 7) is 7.73. The van der Waals surface area contributed by atoms with Gasteiger partial charge in [-0.3, -0.25) is 4.79 Å². The van der Waals surface area contributed by atoms with Crippen LogP contribution < -0.4 is 5.32 Å². The van der Waals surface area contributed by atoms with Crippen molar-refractivity contribution in [2.45, 2.75) is 31.1 Å². The number of benzene rings is 2. The number of anilines is 1. The van der Waals surface area contributed by atoms with Crippen molar-refractivity contribution in [2.24, 2.45) is 0 Å². The molecule has 0 saturated carbocycles. The Morgan fingerprint density at radius 1 is 1.00 bits per heavy atom. The molecule has 0 spiro atoms. The number of carbonyl (C=O) groups is 1. The molecule has 0 radical (unpaired) electrons. The first-order chi connectivity index (χ1) is 13.2. The maximum Gasteiger partial charge on any atom is 0.255 e. The van der Waals surface area contributed by atoms with Crippen LogP contribution >= 0.6 is 0 Å². The second-order valence-corrected chi connectivity index (χ2v) is 9.73. The smallest absolute Gasteiger partial charge is 0.255 e. The van der Waals surface area contributed by atoms with Crippen LogP contribution in [0.4, 0.5) is 5.69 Å². The van der Waals surface area contributed by atoms with Crippen LogP contribution in [0.25, 0.3) is 0 Å². The Labute approximate surface area is 166 Å². The minimum atomic E-state index is -3.57. The van der Waals surface area contributed by atoms with E-state index in [2.05, 4.69) is 26.1 Å². The van der Waals surface area contributed by atoms with Crippen molar-refractivity contribution < 1.29 is 17.9 Å². The first-order valence-electron chi connectivity index (χ1n) is 9.28. The molecule has 1 heterocycles. The molecule has 2 aromatic rings. The number of carbonyl (C=O) groups excluding carboxylic acids is 1. The summed E-state index contributed by atoms with van der Waals surface area (Å²) in [5.74, 6) is -0.271. The Morgan fingerprint density at radius 2 is 1.61 bits per heavy atom. The van der Waals surface area contributed by atoms with Gasteiger partial charge in [-0.05, 0) is 41.3 Å². The molecule has 0 atom stereocenters. The van der Waals surface area contributed by atoms with Crippen LogP contribution in [0, 0.1) is 0 Å². The van der Waals surface area contributed by atoms with E-state index in [1.54, 1.807) is 12.1 Å². The van der Waals surface area contributed by atoms with Gasteiger partial charge in [0.15, 0.2) is 0 Å². The lowest BCUT2D eigenvalue weighted by molar-refractivity contribution is 0.0730. The van der Waals surface area contributed by atoms with Crippen LogP contribution in [0.5, 0.6) is 0 Å². The van der Waals surface area contributed by atoms with Crippen molar-refractivity contribution in [3.63, 3.8) is 0 Å². The molecule has 1 saturated heterocycles. The van der Waals surface area contributed by atoms with Crippen LogP contribution in [0.2, 0.25) is 0 Å². The maximum absolute atomic E-state index is 12.7. The summed E-state index contributed by atoms with van der Waals surface area (Å²) >= 11 is 0. The van der Waals surface area contributed by atoms with Crippen molar-refractivity contribution in [1.82, 2.24) is 4.31 Å². The second-order valence-electron chi connectivity index (χ2n) is 7.79. The maximum atomic E-state index is 12.7. The minimum Gasteiger partial charge on any atom is -0.379 e. The molecule has 0 bridgehead atoms. The number of hydrogen-bond donors (Lipinski definition) is 1. The van der Waals surface area contributed by atoms with Crippen LogP contribution in [0.15, 0.2) is 53.4 Å². The molecule has 1 aliphatic rings.